The lowest BCUT2D eigenvalue weighted by Gasteiger charge is -2.26. The first-order valence-corrected chi connectivity index (χ1v) is 8.38. The molecule has 1 amide bonds. The molecule has 2 aromatic carbocycles. The lowest BCUT2D eigenvalue weighted by Crippen LogP contribution is -2.32. The van der Waals surface area contributed by atoms with Gasteiger partial charge in [0.05, 0.1) is 31.0 Å². The highest BCUT2D eigenvalue weighted by Crippen LogP contribution is 2.31. The number of nitrogens with one attached hydrogen (secondary N) is 1. The number of nitrogens with zero attached hydrogens (tertiary/aromatic N) is 2. The van der Waals surface area contributed by atoms with E-state index in [1.54, 1.807) is 17.1 Å². The standard InChI is InChI=1S/C20H19N3O2/c24-20(22-18-10-11-25-19-9-5-4-8-17(18)19)16-12-21-23(14-16)13-15-6-2-1-3-7-15/h1-9,12,14,18H,10-11,13H2,(H,22,24). The highest BCUT2D eigenvalue weighted by atomic mass is 16.5. The fraction of sp³-hybridized carbons (Fsp3) is 0.200. The topological polar surface area (TPSA) is 56.1 Å². The van der Waals surface area contributed by atoms with Gasteiger partial charge >= 0.3 is 0 Å². The van der Waals surface area contributed by atoms with Gasteiger partial charge in [0, 0.05) is 18.2 Å². The molecule has 0 saturated carbocycles. The van der Waals surface area contributed by atoms with Gasteiger partial charge in [-0.3, -0.25) is 9.48 Å². The predicted molar refractivity (Wildman–Crippen MR) is 94.5 cm³/mol. The maximum Gasteiger partial charge on any atom is 0.254 e. The van der Waals surface area contributed by atoms with Crippen molar-refractivity contribution in [3.05, 3.63) is 83.7 Å². The van der Waals surface area contributed by atoms with Crippen molar-refractivity contribution in [1.29, 1.82) is 0 Å². The van der Waals surface area contributed by atoms with Gasteiger partial charge in [-0.15, -0.1) is 0 Å². The van der Waals surface area contributed by atoms with Crippen molar-refractivity contribution in [3.8, 4) is 5.75 Å². The van der Waals surface area contributed by atoms with Crippen LogP contribution in [0.1, 0.15) is 33.9 Å². The Bertz CT molecular complexity index is 873. The number of carbonyl (C=O) groups excluding carboxylic acids is 1. The van der Waals surface area contributed by atoms with Crippen LogP contribution in [0.25, 0.3) is 0 Å². The van der Waals surface area contributed by atoms with Crippen LogP contribution in [0.15, 0.2) is 67.0 Å². The molecule has 2 heterocycles. The molecule has 0 radical (unpaired) electrons. The highest BCUT2D eigenvalue weighted by Gasteiger charge is 2.23. The van der Waals surface area contributed by atoms with Crippen molar-refractivity contribution >= 4 is 5.91 Å². The molecule has 0 fully saturated rings. The second-order valence-corrected chi connectivity index (χ2v) is 6.11. The van der Waals surface area contributed by atoms with Crippen LogP contribution in [-0.2, 0) is 6.54 Å². The highest BCUT2D eigenvalue weighted by molar-refractivity contribution is 5.94. The van der Waals surface area contributed by atoms with Gasteiger partial charge in [-0.2, -0.15) is 5.10 Å². The van der Waals surface area contributed by atoms with Crippen LogP contribution in [0.5, 0.6) is 5.75 Å². The maximum absolute atomic E-state index is 12.6. The van der Waals surface area contributed by atoms with Crippen molar-refractivity contribution in [1.82, 2.24) is 15.1 Å². The summed E-state index contributed by atoms with van der Waals surface area (Å²) in [6.07, 6.45) is 4.16. The van der Waals surface area contributed by atoms with Gasteiger partial charge in [-0.25, -0.2) is 0 Å². The number of rotatable bonds is 4. The lowest BCUT2D eigenvalue weighted by atomic mass is 10.0. The van der Waals surface area contributed by atoms with Gasteiger partial charge in [-0.1, -0.05) is 48.5 Å². The molecule has 1 aliphatic heterocycles. The molecule has 0 aliphatic carbocycles. The maximum atomic E-state index is 12.6. The average molecular weight is 333 g/mol. The first kappa shape index (κ1) is 15.4. The second-order valence-electron chi connectivity index (χ2n) is 6.11. The Hall–Kier alpha value is -3.08. The molecule has 5 nitrogen and oxygen atoms in total. The number of aromatic nitrogens is 2. The minimum Gasteiger partial charge on any atom is -0.493 e. The molecule has 0 spiro atoms. The van der Waals surface area contributed by atoms with Crippen molar-refractivity contribution in [2.24, 2.45) is 0 Å². The number of hydrogen-bond donors (Lipinski definition) is 1. The third-order valence-electron chi connectivity index (χ3n) is 4.35. The Balaban J connectivity index is 1.46. The molecule has 1 aliphatic rings. The number of para-hydroxylation sites is 1. The Morgan fingerprint density at radius 1 is 1.16 bits per heavy atom. The summed E-state index contributed by atoms with van der Waals surface area (Å²) in [4.78, 5) is 12.6. The molecule has 1 unspecified atom stereocenters. The van der Waals surface area contributed by atoms with Crippen LogP contribution in [0.2, 0.25) is 0 Å². The Kier molecular flexibility index (Phi) is 4.21. The van der Waals surface area contributed by atoms with E-state index < -0.39 is 0 Å². The molecule has 1 aromatic heterocycles. The van der Waals surface area contributed by atoms with Crippen LogP contribution in [0, 0.1) is 0 Å². The van der Waals surface area contributed by atoms with Crippen molar-refractivity contribution in [3.63, 3.8) is 0 Å². The van der Waals surface area contributed by atoms with Crippen LogP contribution in [0.3, 0.4) is 0 Å². The summed E-state index contributed by atoms with van der Waals surface area (Å²) in [5, 5.41) is 7.40. The van der Waals surface area contributed by atoms with Crippen LogP contribution >= 0.6 is 0 Å². The predicted octanol–water partition coefficient (Wildman–Crippen LogP) is 3.19. The zero-order valence-corrected chi connectivity index (χ0v) is 13.8. The van der Waals surface area contributed by atoms with E-state index in [4.69, 9.17) is 4.74 Å². The number of hydrogen-bond acceptors (Lipinski definition) is 3. The summed E-state index contributed by atoms with van der Waals surface area (Å²) in [6.45, 7) is 1.25. The van der Waals surface area contributed by atoms with Gasteiger partial charge in [0.15, 0.2) is 0 Å². The molecule has 5 heteroatoms. The quantitative estimate of drug-likeness (QED) is 0.798. The van der Waals surface area contributed by atoms with E-state index in [0.717, 1.165) is 23.3 Å². The van der Waals surface area contributed by atoms with Gasteiger partial charge in [0.1, 0.15) is 5.75 Å². The number of fused-ring (bicyclic) bond motifs is 1. The third kappa shape index (κ3) is 3.40. The Morgan fingerprint density at radius 3 is 2.84 bits per heavy atom. The van der Waals surface area contributed by atoms with Crippen LogP contribution < -0.4 is 10.1 Å². The summed E-state index contributed by atoms with van der Waals surface area (Å²) >= 11 is 0. The monoisotopic (exact) mass is 333 g/mol. The Morgan fingerprint density at radius 2 is 1.96 bits per heavy atom. The third-order valence-corrected chi connectivity index (χ3v) is 4.35. The molecule has 3 aromatic rings. The summed E-state index contributed by atoms with van der Waals surface area (Å²) in [5.41, 5.74) is 2.74. The molecular weight excluding hydrogens is 314 g/mol. The van der Waals surface area contributed by atoms with E-state index in [1.165, 1.54) is 0 Å². The van der Waals surface area contributed by atoms with E-state index in [1.807, 2.05) is 54.6 Å². The van der Waals surface area contributed by atoms with Gasteiger partial charge in [0.2, 0.25) is 0 Å². The first-order valence-electron chi connectivity index (χ1n) is 8.38. The molecule has 4 rings (SSSR count). The number of amides is 1. The van der Waals surface area contributed by atoms with E-state index >= 15 is 0 Å². The van der Waals surface area contributed by atoms with E-state index in [2.05, 4.69) is 10.4 Å². The zero-order chi connectivity index (χ0) is 17.1. The normalized spacial score (nSPS) is 15.9. The van der Waals surface area contributed by atoms with E-state index in [9.17, 15) is 4.79 Å². The number of ether oxygens (including phenoxy) is 1. The SMILES string of the molecule is O=C(NC1CCOc2ccccc21)c1cnn(Cc2ccccc2)c1. The summed E-state index contributed by atoms with van der Waals surface area (Å²) in [7, 11) is 0. The smallest absolute Gasteiger partial charge is 0.254 e. The largest absolute Gasteiger partial charge is 0.493 e. The summed E-state index contributed by atoms with van der Waals surface area (Å²) in [5.74, 6) is 0.736. The lowest BCUT2D eigenvalue weighted by molar-refractivity contribution is 0.0924. The minimum atomic E-state index is -0.110. The molecular formula is C20H19N3O2. The summed E-state index contributed by atoms with van der Waals surface area (Å²) in [6, 6.07) is 17.9. The molecule has 126 valence electrons. The second kappa shape index (κ2) is 6.81. The fourth-order valence-corrected chi connectivity index (χ4v) is 3.07. The van der Waals surface area contributed by atoms with Gasteiger partial charge < -0.3 is 10.1 Å². The average Bonchev–Trinajstić information content (AvgIpc) is 3.11. The first-order chi connectivity index (χ1) is 12.3. The number of benzene rings is 2. The van der Waals surface area contributed by atoms with Gasteiger partial charge in [-0.05, 0) is 11.6 Å². The zero-order valence-electron chi connectivity index (χ0n) is 13.8. The Labute approximate surface area is 146 Å². The number of carbonyl (C=O) groups is 1. The van der Waals surface area contributed by atoms with Crippen molar-refractivity contribution in [2.75, 3.05) is 6.61 Å². The van der Waals surface area contributed by atoms with Crippen molar-refractivity contribution < 1.29 is 9.53 Å². The van der Waals surface area contributed by atoms with E-state index in [-0.39, 0.29) is 11.9 Å². The molecule has 1 N–H and O–H groups in total. The molecule has 0 bridgehead atoms. The van der Waals surface area contributed by atoms with Crippen LogP contribution in [0.4, 0.5) is 0 Å². The van der Waals surface area contributed by atoms with Crippen molar-refractivity contribution in [2.45, 2.75) is 19.0 Å². The fourth-order valence-electron chi connectivity index (χ4n) is 3.07. The molecule has 0 saturated heterocycles. The molecule has 1 atom stereocenters. The summed E-state index contributed by atoms with van der Waals surface area (Å²) < 4.78 is 7.42. The molecule has 25 heavy (non-hydrogen) atoms. The minimum absolute atomic E-state index is 0.0325. The van der Waals surface area contributed by atoms with Gasteiger partial charge in [0.25, 0.3) is 5.91 Å². The van der Waals surface area contributed by atoms with E-state index in [0.29, 0.717) is 18.7 Å². The van der Waals surface area contributed by atoms with Crippen LogP contribution in [-0.4, -0.2) is 22.3 Å².